The SMILES string of the molecule is CCN(CC(N)=O)S(=O)(=O)c1cc(F)ccc1OC. The molecule has 0 heterocycles. The highest BCUT2D eigenvalue weighted by Gasteiger charge is 2.28. The van der Waals surface area contributed by atoms with E-state index in [0.717, 1.165) is 16.4 Å². The van der Waals surface area contributed by atoms with Crippen molar-refractivity contribution in [2.45, 2.75) is 11.8 Å². The maximum Gasteiger partial charge on any atom is 0.247 e. The molecule has 0 aliphatic carbocycles. The van der Waals surface area contributed by atoms with Gasteiger partial charge in [-0.2, -0.15) is 4.31 Å². The number of nitrogens with zero attached hydrogens (tertiary/aromatic N) is 1. The quantitative estimate of drug-likeness (QED) is 0.817. The van der Waals surface area contributed by atoms with Gasteiger partial charge >= 0.3 is 0 Å². The van der Waals surface area contributed by atoms with E-state index in [-0.39, 0.29) is 17.2 Å². The fraction of sp³-hybridized carbons (Fsp3) is 0.364. The maximum absolute atomic E-state index is 13.2. The van der Waals surface area contributed by atoms with Gasteiger partial charge < -0.3 is 10.5 Å². The lowest BCUT2D eigenvalue weighted by molar-refractivity contribution is -0.118. The molecule has 0 spiro atoms. The molecule has 0 aromatic heterocycles. The molecule has 0 radical (unpaired) electrons. The van der Waals surface area contributed by atoms with Crippen LogP contribution in [0.1, 0.15) is 6.92 Å². The van der Waals surface area contributed by atoms with Crippen LogP contribution in [0, 0.1) is 5.82 Å². The number of carbonyl (C=O) groups excluding carboxylic acids is 1. The fourth-order valence-corrected chi connectivity index (χ4v) is 3.11. The van der Waals surface area contributed by atoms with Crippen molar-refractivity contribution < 1.29 is 22.3 Å². The third-order valence-electron chi connectivity index (χ3n) is 2.43. The summed E-state index contributed by atoms with van der Waals surface area (Å²) >= 11 is 0. The summed E-state index contributed by atoms with van der Waals surface area (Å²) in [6.45, 7) is 1.11. The van der Waals surface area contributed by atoms with Crippen molar-refractivity contribution in [1.82, 2.24) is 4.31 Å². The van der Waals surface area contributed by atoms with E-state index >= 15 is 0 Å². The lowest BCUT2D eigenvalue weighted by Gasteiger charge is -2.20. The molecule has 1 aromatic carbocycles. The highest BCUT2D eigenvalue weighted by Crippen LogP contribution is 2.27. The topological polar surface area (TPSA) is 89.7 Å². The van der Waals surface area contributed by atoms with Crippen LogP contribution in [-0.4, -0.2) is 38.8 Å². The highest BCUT2D eigenvalue weighted by molar-refractivity contribution is 7.89. The fourth-order valence-electron chi connectivity index (χ4n) is 1.53. The van der Waals surface area contributed by atoms with Crippen molar-refractivity contribution in [2.24, 2.45) is 5.73 Å². The maximum atomic E-state index is 13.2. The van der Waals surface area contributed by atoms with Gasteiger partial charge in [0, 0.05) is 6.54 Å². The lowest BCUT2D eigenvalue weighted by atomic mass is 10.3. The van der Waals surface area contributed by atoms with Crippen LogP contribution in [0.4, 0.5) is 4.39 Å². The predicted octanol–water partition coefficient (Wildman–Crippen LogP) is 0.330. The second-order valence-corrected chi connectivity index (χ2v) is 5.60. The summed E-state index contributed by atoms with van der Waals surface area (Å²) in [5, 5.41) is 0. The Balaban J connectivity index is 3.32. The number of hydrogen-bond donors (Lipinski definition) is 1. The molecule has 0 aliphatic rings. The van der Waals surface area contributed by atoms with E-state index in [1.807, 2.05) is 0 Å². The minimum Gasteiger partial charge on any atom is -0.495 e. The van der Waals surface area contributed by atoms with Gasteiger partial charge in [0.05, 0.1) is 13.7 Å². The molecule has 0 fully saturated rings. The number of hydrogen-bond acceptors (Lipinski definition) is 4. The van der Waals surface area contributed by atoms with E-state index in [2.05, 4.69) is 0 Å². The van der Waals surface area contributed by atoms with E-state index in [1.165, 1.54) is 13.2 Å². The molecular weight excluding hydrogens is 275 g/mol. The minimum absolute atomic E-state index is 0.00400. The van der Waals surface area contributed by atoms with Crippen LogP contribution in [0.3, 0.4) is 0 Å². The highest BCUT2D eigenvalue weighted by atomic mass is 32.2. The number of nitrogens with two attached hydrogens (primary N) is 1. The van der Waals surface area contributed by atoms with E-state index in [9.17, 15) is 17.6 Å². The van der Waals surface area contributed by atoms with Gasteiger partial charge in [-0.3, -0.25) is 4.79 Å². The Kier molecular flexibility index (Phi) is 4.84. The van der Waals surface area contributed by atoms with Crippen LogP contribution in [0.15, 0.2) is 23.1 Å². The third kappa shape index (κ3) is 3.42. The molecular formula is C11H15FN2O4S. The number of sulfonamides is 1. The first kappa shape index (κ1) is 15.4. The molecule has 1 rings (SSSR count). The van der Waals surface area contributed by atoms with Gasteiger partial charge in [0.1, 0.15) is 16.5 Å². The first-order chi connectivity index (χ1) is 8.82. The van der Waals surface area contributed by atoms with Crippen LogP contribution in [0.5, 0.6) is 5.75 Å². The van der Waals surface area contributed by atoms with Gasteiger partial charge in [0.25, 0.3) is 0 Å². The number of benzene rings is 1. The van der Waals surface area contributed by atoms with Crippen molar-refractivity contribution in [3.8, 4) is 5.75 Å². The van der Waals surface area contributed by atoms with Gasteiger partial charge in [0.2, 0.25) is 15.9 Å². The number of carbonyl (C=O) groups is 1. The Bertz CT molecular complexity index is 574. The molecule has 8 heteroatoms. The van der Waals surface area contributed by atoms with Gasteiger partial charge in [-0.05, 0) is 18.2 Å². The number of rotatable bonds is 6. The van der Waals surface area contributed by atoms with E-state index in [0.29, 0.717) is 0 Å². The van der Waals surface area contributed by atoms with Crippen molar-refractivity contribution >= 4 is 15.9 Å². The first-order valence-electron chi connectivity index (χ1n) is 5.45. The number of amides is 1. The molecule has 0 bridgehead atoms. The van der Waals surface area contributed by atoms with Crippen LogP contribution in [0.25, 0.3) is 0 Å². The first-order valence-corrected chi connectivity index (χ1v) is 6.89. The van der Waals surface area contributed by atoms with Crippen molar-refractivity contribution in [3.63, 3.8) is 0 Å². The lowest BCUT2D eigenvalue weighted by Crippen LogP contribution is -2.38. The van der Waals surface area contributed by atoms with Crippen LogP contribution < -0.4 is 10.5 Å². The number of methoxy groups -OCH3 is 1. The summed E-state index contributed by atoms with van der Waals surface area (Å²) in [6.07, 6.45) is 0. The summed E-state index contributed by atoms with van der Waals surface area (Å²) in [5.74, 6) is -1.50. The molecule has 1 aromatic rings. The second kappa shape index (κ2) is 5.98. The van der Waals surface area contributed by atoms with Crippen LogP contribution in [-0.2, 0) is 14.8 Å². The zero-order valence-electron chi connectivity index (χ0n) is 10.6. The number of ether oxygens (including phenoxy) is 1. The predicted molar refractivity (Wildman–Crippen MR) is 66.6 cm³/mol. The minimum atomic E-state index is -4.04. The molecule has 0 saturated carbocycles. The molecule has 0 aliphatic heterocycles. The largest absolute Gasteiger partial charge is 0.495 e. The molecule has 2 N–H and O–H groups in total. The molecule has 0 saturated heterocycles. The van der Waals surface area contributed by atoms with E-state index in [1.54, 1.807) is 6.92 Å². The van der Waals surface area contributed by atoms with Gasteiger partial charge in [-0.1, -0.05) is 6.92 Å². The zero-order valence-corrected chi connectivity index (χ0v) is 11.4. The standard InChI is InChI=1S/C11H15FN2O4S/c1-3-14(7-11(13)15)19(16,17)10-6-8(12)4-5-9(10)18-2/h4-6H,3,7H2,1-2H3,(H2,13,15). The normalized spacial score (nSPS) is 11.6. The zero-order chi connectivity index (χ0) is 14.6. The smallest absolute Gasteiger partial charge is 0.247 e. The van der Waals surface area contributed by atoms with Crippen molar-refractivity contribution in [2.75, 3.05) is 20.2 Å². The second-order valence-electron chi connectivity index (χ2n) is 3.69. The summed E-state index contributed by atoms with van der Waals surface area (Å²) in [5.41, 5.74) is 4.99. The van der Waals surface area contributed by atoms with Gasteiger partial charge in [-0.15, -0.1) is 0 Å². The summed E-state index contributed by atoms with van der Waals surface area (Å²) in [7, 11) is -2.77. The summed E-state index contributed by atoms with van der Waals surface area (Å²) in [6, 6.07) is 3.14. The van der Waals surface area contributed by atoms with Crippen molar-refractivity contribution in [1.29, 1.82) is 0 Å². The monoisotopic (exact) mass is 290 g/mol. The Morgan fingerprint density at radius 1 is 1.47 bits per heavy atom. The van der Waals surface area contributed by atoms with Crippen molar-refractivity contribution in [3.05, 3.63) is 24.0 Å². The van der Waals surface area contributed by atoms with E-state index < -0.39 is 28.3 Å². The summed E-state index contributed by atoms with van der Waals surface area (Å²) in [4.78, 5) is 10.5. The van der Waals surface area contributed by atoms with Gasteiger partial charge in [0.15, 0.2) is 0 Å². The Labute approximate surface area is 111 Å². The van der Waals surface area contributed by atoms with Crippen LogP contribution in [0.2, 0.25) is 0 Å². The Morgan fingerprint density at radius 2 is 2.11 bits per heavy atom. The molecule has 0 unspecified atom stereocenters. The number of likely N-dealkylation sites (N-methyl/N-ethyl adjacent to an activating group) is 1. The Hall–Kier alpha value is -1.67. The third-order valence-corrected chi connectivity index (χ3v) is 4.37. The molecule has 106 valence electrons. The average Bonchev–Trinajstić information content (AvgIpc) is 2.35. The van der Waals surface area contributed by atoms with E-state index in [4.69, 9.17) is 10.5 Å². The average molecular weight is 290 g/mol. The Morgan fingerprint density at radius 3 is 2.58 bits per heavy atom. The van der Waals surface area contributed by atoms with Gasteiger partial charge in [-0.25, -0.2) is 12.8 Å². The molecule has 0 atom stereocenters. The number of primary amides is 1. The van der Waals surface area contributed by atoms with Crippen LogP contribution >= 0.6 is 0 Å². The summed E-state index contributed by atoms with van der Waals surface area (Å²) < 4.78 is 43.6. The molecule has 6 nitrogen and oxygen atoms in total. The number of halogens is 1. The molecule has 19 heavy (non-hydrogen) atoms. The molecule has 1 amide bonds.